The molecule has 0 radical (unpaired) electrons. The second kappa shape index (κ2) is 10.3. The predicted octanol–water partition coefficient (Wildman–Crippen LogP) is 12.9. The Bertz CT molecular complexity index is 3370. The monoisotopic (exact) mass is 663 g/mol. The molecule has 0 fully saturated rings. The third kappa shape index (κ3) is 3.65. The van der Waals surface area contributed by atoms with Gasteiger partial charge in [-0.05, 0) is 71.8 Å². The summed E-state index contributed by atoms with van der Waals surface area (Å²) in [5.74, 6) is 0. The van der Waals surface area contributed by atoms with Crippen LogP contribution in [0.4, 0.5) is 0 Å². The largest absolute Gasteiger partial charge is 0.454 e. The summed E-state index contributed by atoms with van der Waals surface area (Å²) in [6.07, 6.45) is 0. The molecule has 52 heavy (non-hydrogen) atoms. The molecule has 0 unspecified atom stereocenters. The molecule has 4 nitrogen and oxygen atoms in total. The van der Waals surface area contributed by atoms with Gasteiger partial charge in [-0.15, -0.1) is 0 Å². The molecule has 4 aromatic heterocycles. The van der Waals surface area contributed by atoms with Gasteiger partial charge in [0.2, 0.25) is 0 Å². The van der Waals surface area contributed by atoms with Crippen LogP contribution in [-0.2, 0) is 0 Å². The van der Waals surface area contributed by atoms with E-state index in [1.807, 2.05) is 6.07 Å². The fraction of sp³-hybridized carbons (Fsp3) is 0. The standard InChI is InChI=1S/C48H29N3O/c1-6-18-40-34(14-1)38-28-30(24-26-41(38)49(40)46-22-11-17-37-36-16-5-10-23-47(36)52-48(37)46)31-25-27-45-39(29-31)35-15-4-9-21-44(35)51(45)50-42-19-7-2-12-32(42)33-13-3-8-20-43(33)50/h1-29H. The van der Waals surface area contributed by atoms with Crippen molar-refractivity contribution in [3.63, 3.8) is 0 Å². The topological polar surface area (TPSA) is 27.9 Å². The summed E-state index contributed by atoms with van der Waals surface area (Å²) in [6.45, 7) is 0. The predicted molar refractivity (Wildman–Crippen MR) is 217 cm³/mol. The molecule has 4 heterocycles. The zero-order valence-corrected chi connectivity index (χ0v) is 28.0. The van der Waals surface area contributed by atoms with E-state index in [-0.39, 0.29) is 0 Å². The zero-order valence-electron chi connectivity index (χ0n) is 28.0. The Kier molecular flexibility index (Phi) is 5.47. The van der Waals surface area contributed by atoms with Gasteiger partial charge in [0, 0.05) is 43.1 Å². The van der Waals surface area contributed by atoms with Gasteiger partial charge in [0.15, 0.2) is 5.58 Å². The van der Waals surface area contributed by atoms with E-state index in [9.17, 15) is 0 Å². The molecule has 0 saturated heterocycles. The van der Waals surface area contributed by atoms with Crippen molar-refractivity contribution in [2.45, 2.75) is 0 Å². The maximum atomic E-state index is 6.53. The molecule has 0 amide bonds. The minimum Gasteiger partial charge on any atom is -0.454 e. The Morgan fingerprint density at radius 2 is 0.731 bits per heavy atom. The first-order chi connectivity index (χ1) is 25.8. The smallest absolute Gasteiger partial charge is 0.159 e. The first-order valence-electron chi connectivity index (χ1n) is 17.8. The molecule has 0 atom stereocenters. The lowest BCUT2D eigenvalue weighted by atomic mass is 10.0. The quantitative estimate of drug-likeness (QED) is 0.185. The lowest BCUT2D eigenvalue weighted by molar-refractivity contribution is 0.666. The van der Waals surface area contributed by atoms with Crippen LogP contribution in [0.2, 0.25) is 0 Å². The summed E-state index contributed by atoms with van der Waals surface area (Å²) in [7, 11) is 0. The Morgan fingerprint density at radius 1 is 0.308 bits per heavy atom. The molecule has 4 heteroatoms. The second-order valence-corrected chi connectivity index (χ2v) is 13.7. The van der Waals surface area contributed by atoms with Gasteiger partial charge in [0.25, 0.3) is 0 Å². The van der Waals surface area contributed by atoms with Crippen LogP contribution in [0.25, 0.3) is 104 Å². The maximum Gasteiger partial charge on any atom is 0.159 e. The van der Waals surface area contributed by atoms with Crippen molar-refractivity contribution < 1.29 is 4.42 Å². The van der Waals surface area contributed by atoms with Crippen molar-refractivity contribution in [2.24, 2.45) is 0 Å². The third-order valence-corrected chi connectivity index (χ3v) is 11.0. The Balaban J connectivity index is 1.08. The molecule has 0 aliphatic heterocycles. The van der Waals surface area contributed by atoms with Crippen LogP contribution in [0, 0.1) is 0 Å². The van der Waals surface area contributed by atoms with Crippen molar-refractivity contribution in [1.82, 2.24) is 13.9 Å². The number of furan rings is 1. The van der Waals surface area contributed by atoms with Crippen molar-refractivity contribution in [3.05, 3.63) is 176 Å². The fourth-order valence-electron chi connectivity index (χ4n) is 8.79. The Hall–Kier alpha value is -7.04. The van der Waals surface area contributed by atoms with E-state index in [0.29, 0.717) is 0 Å². The van der Waals surface area contributed by atoms with Crippen LogP contribution in [0.15, 0.2) is 180 Å². The highest BCUT2D eigenvalue weighted by Crippen LogP contribution is 2.41. The van der Waals surface area contributed by atoms with E-state index in [1.54, 1.807) is 0 Å². The summed E-state index contributed by atoms with van der Waals surface area (Å²) in [5, 5.41) is 9.67. The molecule has 0 N–H and O–H groups in total. The van der Waals surface area contributed by atoms with E-state index >= 15 is 0 Å². The highest BCUT2D eigenvalue weighted by Gasteiger charge is 2.20. The van der Waals surface area contributed by atoms with Crippen LogP contribution in [0.1, 0.15) is 0 Å². The van der Waals surface area contributed by atoms with Gasteiger partial charge in [-0.25, -0.2) is 9.35 Å². The van der Waals surface area contributed by atoms with Gasteiger partial charge in [-0.3, -0.25) is 0 Å². The minimum atomic E-state index is 0.903. The number of nitrogens with zero attached hydrogens (tertiary/aromatic N) is 3. The van der Waals surface area contributed by atoms with E-state index in [4.69, 9.17) is 4.42 Å². The average Bonchev–Trinajstić information content (AvgIpc) is 3.94. The number of benzene rings is 8. The number of rotatable bonds is 3. The molecular weight excluding hydrogens is 635 g/mol. The second-order valence-electron chi connectivity index (χ2n) is 13.7. The Labute approximate surface area is 297 Å². The van der Waals surface area contributed by atoms with Gasteiger partial charge in [0.1, 0.15) is 5.58 Å². The van der Waals surface area contributed by atoms with Crippen LogP contribution in [0.3, 0.4) is 0 Å². The molecule has 12 aromatic rings. The van der Waals surface area contributed by atoms with Gasteiger partial charge in [-0.1, -0.05) is 115 Å². The third-order valence-electron chi connectivity index (χ3n) is 11.0. The van der Waals surface area contributed by atoms with Crippen molar-refractivity contribution in [1.29, 1.82) is 0 Å². The molecule has 242 valence electrons. The van der Waals surface area contributed by atoms with Gasteiger partial charge >= 0.3 is 0 Å². The highest BCUT2D eigenvalue weighted by atomic mass is 16.3. The summed E-state index contributed by atoms with van der Waals surface area (Å²) >= 11 is 0. The van der Waals surface area contributed by atoms with Crippen LogP contribution in [-0.4, -0.2) is 13.9 Å². The molecule has 0 aliphatic rings. The van der Waals surface area contributed by atoms with Gasteiger partial charge < -0.3 is 8.98 Å². The molecule has 0 saturated carbocycles. The number of hydrogen-bond acceptors (Lipinski definition) is 1. The summed E-state index contributed by atoms with van der Waals surface area (Å²) < 4.78 is 13.7. The van der Waals surface area contributed by atoms with Crippen LogP contribution >= 0.6 is 0 Å². The number of hydrogen-bond donors (Lipinski definition) is 0. The van der Waals surface area contributed by atoms with Gasteiger partial charge in [-0.2, -0.15) is 0 Å². The number of aromatic nitrogens is 3. The maximum absolute atomic E-state index is 6.53. The van der Waals surface area contributed by atoms with E-state index < -0.39 is 0 Å². The normalized spacial score (nSPS) is 12.2. The zero-order chi connectivity index (χ0) is 33.9. The average molecular weight is 664 g/mol. The SMILES string of the molecule is c1ccc2c(c1)oc1c(-n3c4ccccc4c4cc(-c5ccc6c(c5)c5ccccc5n6-n5c6ccccc6c6ccccc65)ccc43)cccc12. The first kappa shape index (κ1) is 27.7. The van der Waals surface area contributed by atoms with Crippen molar-refractivity contribution in [2.75, 3.05) is 0 Å². The number of fused-ring (bicyclic) bond motifs is 12. The highest BCUT2D eigenvalue weighted by molar-refractivity contribution is 6.15. The summed E-state index contributed by atoms with van der Waals surface area (Å²) in [6, 6.07) is 63.5. The molecule has 8 aromatic carbocycles. The lowest BCUT2D eigenvalue weighted by Crippen LogP contribution is -2.08. The summed E-state index contributed by atoms with van der Waals surface area (Å²) in [4.78, 5) is 0. The van der Waals surface area contributed by atoms with Crippen LogP contribution in [0.5, 0.6) is 0 Å². The van der Waals surface area contributed by atoms with E-state index in [2.05, 4.69) is 184 Å². The minimum absolute atomic E-state index is 0.903. The van der Waals surface area contributed by atoms with Gasteiger partial charge in [0.05, 0.1) is 38.8 Å². The lowest BCUT2D eigenvalue weighted by Gasteiger charge is -2.13. The van der Waals surface area contributed by atoms with Crippen molar-refractivity contribution >= 4 is 87.4 Å². The first-order valence-corrected chi connectivity index (χ1v) is 17.8. The summed E-state index contributed by atoms with van der Waals surface area (Å²) in [5.41, 5.74) is 12.3. The molecule has 12 rings (SSSR count). The fourth-order valence-corrected chi connectivity index (χ4v) is 8.79. The van der Waals surface area contributed by atoms with Crippen molar-refractivity contribution in [3.8, 4) is 16.8 Å². The van der Waals surface area contributed by atoms with Crippen LogP contribution < -0.4 is 0 Å². The number of para-hydroxylation sites is 6. The molecule has 0 aliphatic carbocycles. The van der Waals surface area contributed by atoms with E-state index in [1.165, 1.54) is 65.5 Å². The Morgan fingerprint density at radius 3 is 1.37 bits per heavy atom. The molecule has 0 spiro atoms. The molecular formula is C48H29N3O. The molecule has 0 bridgehead atoms. The van der Waals surface area contributed by atoms with E-state index in [0.717, 1.165) is 38.7 Å².